The second-order valence-electron chi connectivity index (χ2n) is 6.25. The molecule has 1 aliphatic rings. The Morgan fingerprint density at radius 3 is 2.50 bits per heavy atom. The molecule has 0 aliphatic carbocycles. The summed E-state index contributed by atoms with van der Waals surface area (Å²) in [6, 6.07) is 5.83. The minimum absolute atomic E-state index is 0.0415. The molecule has 0 aromatic heterocycles. The van der Waals surface area contributed by atoms with E-state index in [0.29, 0.717) is 19.0 Å². The highest BCUT2D eigenvalue weighted by molar-refractivity contribution is 5.99. The molecule has 0 saturated carbocycles. The fourth-order valence-electron chi connectivity index (χ4n) is 2.91. The van der Waals surface area contributed by atoms with Crippen LogP contribution in [0.2, 0.25) is 0 Å². The molecule has 0 atom stereocenters. The summed E-state index contributed by atoms with van der Waals surface area (Å²) in [5.74, 6) is 0.412. The third-order valence-electron chi connectivity index (χ3n) is 4.48. The number of carbonyl (C=O) groups excluding carboxylic acids is 2. The van der Waals surface area contributed by atoms with Gasteiger partial charge in [-0.15, -0.1) is 0 Å². The van der Waals surface area contributed by atoms with Gasteiger partial charge in [-0.3, -0.25) is 9.59 Å². The van der Waals surface area contributed by atoms with Crippen molar-refractivity contribution in [2.75, 3.05) is 19.7 Å². The van der Waals surface area contributed by atoms with Gasteiger partial charge in [0.15, 0.2) is 5.78 Å². The van der Waals surface area contributed by atoms with Crippen LogP contribution in [0.4, 0.5) is 0 Å². The normalized spacial score (nSPS) is 15.9. The SMILES string of the molecule is Cc1ccc(C)c(C(=O)CCC(=O)N2CCC(CO)CC2)c1. The Kier molecular flexibility index (Phi) is 5.72. The number of aryl methyl sites for hydroxylation is 2. The van der Waals surface area contributed by atoms with Crippen molar-refractivity contribution in [1.82, 2.24) is 4.90 Å². The highest BCUT2D eigenvalue weighted by Crippen LogP contribution is 2.18. The Balaban J connectivity index is 1.86. The maximum atomic E-state index is 12.3. The van der Waals surface area contributed by atoms with Gasteiger partial charge in [0.05, 0.1) is 0 Å². The van der Waals surface area contributed by atoms with Crippen molar-refractivity contribution >= 4 is 11.7 Å². The van der Waals surface area contributed by atoms with Crippen LogP contribution in [0.1, 0.15) is 47.2 Å². The third kappa shape index (κ3) is 4.17. The molecule has 1 saturated heterocycles. The molecule has 1 aliphatic heterocycles. The molecule has 22 heavy (non-hydrogen) atoms. The number of carbonyl (C=O) groups is 2. The monoisotopic (exact) mass is 303 g/mol. The Morgan fingerprint density at radius 2 is 1.86 bits per heavy atom. The molecule has 1 N–H and O–H groups in total. The number of piperidine rings is 1. The van der Waals surface area contributed by atoms with E-state index in [1.807, 2.05) is 36.9 Å². The van der Waals surface area contributed by atoms with E-state index in [4.69, 9.17) is 5.11 Å². The van der Waals surface area contributed by atoms with E-state index in [0.717, 1.165) is 29.5 Å². The minimum atomic E-state index is 0.0415. The molecule has 1 heterocycles. The lowest BCUT2D eigenvalue weighted by molar-refractivity contribution is -0.132. The Hall–Kier alpha value is -1.68. The number of hydrogen-bond donors (Lipinski definition) is 1. The van der Waals surface area contributed by atoms with E-state index in [2.05, 4.69) is 0 Å². The van der Waals surface area contributed by atoms with Crippen molar-refractivity contribution in [3.8, 4) is 0 Å². The smallest absolute Gasteiger partial charge is 0.223 e. The predicted octanol–water partition coefficient (Wildman–Crippen LogP) is 2.50. The first kappa shape index (κ1) is 16.7. The molecule has 4 nitrogen and oxygen atoms in total. The van der Waals surface area contributed by atoms with Crippen LogP contribution in [0, 0.1) is 19.8 Å². The zero-order valence-corrected chi connectivity index (χ0v) is 13.5. The van der Waals surface area contributed by atoms with Crippen LogP contribution in [0.15, 0.2) is 18.2 Å². The van der Waals surface area contributed by atoms with Gasteiger partial charge in [-0.05, 0) is 44.2 Å². The van der Waals surface area contributed by atoms with Crippen LogP contribution < -0.4 is 0 Å². The molecule has 2 rings (SSSR count). The predicted molar refractivity (Wildman–Crippen MR) is 85.9 cm³/mol. The fourth-order valence-corrected chi connectivity index (χ4v) is 2.91. The first-order valence-corrected chi connectivity index (χ1v) is 8.00. The Morgan fingerprint density at radius 1 is 1.18 bits per heavy atom. The van der Waals surface area contributed by atoms with Crippen LogP contribution in [-0.4, -0.2) is 41.4 Å². The summed E-state index contributed by atoms with van der Waals surface area (Å²) in [6.45, 7) is 5.48. The molecule has 1 aromatic rings. The lowest BCUT2D eigenvalue weighted by Gasteiger charge is -2.31. The molecule has 1 fully saturated rings. The summed E-state index contributed by atoms with van der Waals surface area (Å²) in [6.07, 6.45) is 2.25. The van der Waals surface area contributed by atoms with Crippen molar-refractivity contribution < 1.29 is 14.7 Å². The molecule has 4 heteroatoms. The van der Waals surface area contributed by atoms with E-state index < -0.39 is 0 Å². The number of aliphatic hydroxyl groups excluding tert-OH is 1. The lowest BCUT2D eigenvalue weighted by atomic mass is 9.96. The number of nitrogens with zero attached hydrogens (tertiary/aromatic N) is 1. The van der Waals surface area contributed by atoms with Gasteiger partial charge in [-0.1, -0.05) is 17.7 Å². The Bertz CT molecular complexity index is 545. The van der Waals surface area contributed by atoms with Crippen LogP contribution in [-0.2, 0) is 4.79 Å². The maximum absolute atomic E-state index is 12.3. The minimum Gasteiger partial charge on any atom is -0.396 e. The summed E-state index contributed by atoms with van der Waals surface area (Å²) in [5.41, 5.74) is 2.75. The van der Waals surface area contributed by atoms with Crippen LogP contribution in [0.25, 0.3) is 0 Å². The third-order valence-corrected chi connectivity index (χ3v) is 4.48. The second-order valence-corrected chi connectivity index (χ2v) is 6.25. The first-order valence-electron chi connectivity index (χ1n) is 8.00. The molecule has 1 amide bonds. The van der Waals surface area contributed by atoms with Crippen molar-refractivity contribution in [3.05, 3.63) is 34.9 Å². The molecule has 0 unspecified atom stereocenters. The summed E-state index contributed by atoms with van der Waals surface area (Å²) in [5, 5.41) is 9.12. The average molecular weight is 303 g/mol. The number of amides is 1. The van der Waals surface area contributed by atoms with Crippen molar-refractivity contribution in [3.63, 3.8) is 0 Å². The van der Waals surface area contributed by atoms with Gasteiger partial charge in [0.1, 0.15) is 0 Å². The number of benzene rings is 1. The summed E-state index contributed by atoms with van der Waals surface area (Å²) in [4.78, 5) is 26.3. The van der Waals surface area contributed by atoms with E-state index in [1.165, 1.54) is 0 Å². The summed E-state index contributed by atoms with van der Waals surface area (Å²) in [7, 11) is 0. The van der Waals surface area contributed by atoms with Crippen molar-refractivity contribution in [2.45, 2.75) is 39.5 Å². The van der Waals surface area contributed by atoms with Gasteiger partial charge in [0, 0.05) is 38.1 Å². The summed E-state index contributed by atoms with van der Waals surface area (Å²) < 4.78 is 0. The van der Waals surface area contributed by atoms with Gasteiger partial charge in [0.25, 0.3) is 0 Å². The van der Waals surface area contributed by atoms with E-state index in [-0.39, 0.29) is 31.1 Å². The van der Waals surface area contributed by atoms with E-state index >= 15 is 0 Å². The van der Waals surface area contributed by atoms with Gasteiger partial charge in [-0.2, -0.15) is 0 Å². The zero-order chi connectivity index (χ0) is 16.1. The van der Waals surface area contributed by atoms with Gasteiger partial charge in [-0.25, -0.2) is 0 Å². The second kappa shape index (κ2) is 7.54. The number of hydrogen-bond acceptors (Lipinski definition) is 3. The lowest BCUT2D eigenvalue weighted by Crippen LogP contribution is -2.39. The van der Waals surface area contributed by atoms with Crippen molar-refractivity contribution in [1.29, 1.82) is 0 Å². The van der Waals surface area contributed by atoms with E-state index in [9.17, 15) is 9.59 Å². The topological polar surface area (TPSA) is 57.6 Å². The molecular formula is C18H25NO3. The first-order chi connectivity index (χ1) is 10.5. The quantitative estimate of drug-likeness (QED) is 0.850. The highest BCUT2D eigenvalue weighted by Gasteiger charge is 2.22. The molecule has 1 aromatic carbocycles. The van der Waals surface area contributed by atoms with Gasteiger partial charge >= 0.3 is 0 Å². The molecule has 120 valence electrons. The number of likely N-dealkylation sites (tertiary alicyclic amines) is 1. The number of Topliss-reactive ketones (excluding diaryl/α,β-unsaturated/α-hetero) is 1. The summed E-state index contributed by atoms with van der Waals surface area (Å²) >= 11 is 0. The van der Waals surface area contributed by atoms with Crippen LogP contribution in [0.3, 0.4) is 0 Å². The Labute approximate surface area is 132 Å². The van der Waals surface area contributed by atoms with E-state index in [1.54, 1.807) is 0 Å². The number of ketones is 1. The average Bonchev–Trinajstić information content (AvgIpc) is 2.54. The fraction of sp³-hybridized carbons (Fsp3) is 0.556. The maximum Gasteiger partial charge on any atom is 0.223 e. The van der Waals surface area contributed by atoms with Gasteiger partial charge in [0.2, 0.25) is 5.91 Å². The standard InChI is InChI=1S/C18H25NO3/c1-13-3-4-14(2)16(11-13)17(21)5-6-18(22)19-9-7-15(12-20)8-10-19/h3-4,11,15,20H,5-10,12H2,1-2H3. The van der Waals surface area contributed by atoms with Crippen molar-refractivity contribution in [2.24, 2.45) is 5.92 Å². The zero-order valence-electron chi connectivity index (χ0n) is 13.5. The number of aliphatic hydroxyl groups is 1. The largest absolute Gasteiger partial charge is 0.396 e. The van der Waals surface area contributed by atoms with Gasteiger partial charge < -0.3 is 10.0 Å². The molecule has 0 radical (unpaired) electrons. The highest BCUT2D eigenvalue weighted by atomic mass is 16.3. The molecule has 0 spiro atoms. The van der Waals surface area contributed by atoms with Crippen LogP contribution >= 0.6 is 0 Å². The molecular weight excluding hydrogens is 278 g/mol. The number of rotatable bonds is 5. The van der Waals surface area contributed by atoms with Crippen LogP contribution in [0.5, 0.6) is 0 Å². The molecule has 0 bridgehead atoms.